The van der Waals surface area contributed by atoms with Gasteiger partial charge in [-0.05, 0) is 49.0 Å². The highest BCUT2D eigenvalue weighted by atomic mass is 19.1. The Labute approximate surface area is 185 Å². The van der Waals surface area contributed by atoms with E-state index in [2.05, 4.69) is 10.3 Å². The predicted molar refractivity (Wildman–Crippen MR) is 119 cm³/mol. The summed E-state index contributed by atoms with van der Waals surface area (Å²) in [5.74, 6) is 0.600. The lowest BCUT2D eigenvalue weighted by Gasteiger charge is -2.19. The van der Waals surface area contributed by atoms with Crippen LogP contribution in [0.2, 0.25) is 0 Å². The van der Waals surface area contributed by atoms with Gasteiger partial charge < -0.3 is 10.2 Å². The van der Waals surface area contributed by atoms with E-state index in [1.807, 2.05) is 24.1 Å². The summed E-state index contributed by atoms with van der Waals surface area (Å²) >= 11 is 0. The summed E-state index contributed by atoms with van der Waals surface area (Å²) in [6, 6.07) is 14.3. The van der Waals surface area contributed by atoms with Gasteiger partial charge in [-0.3, -0.25) is 9.69 Å². The Morgan fingerprint density at radius 3 is 2.56 bits per heavy atom. The molecule has 8 heteroatoms. The predicted octanol–water partition coefficient (Wildman–Crippen LogP) is 3.95. The van der Waals surface area contributed by atoms with Crippen LogP contribution in [0, 0.1) is 11.6 Å². The van der Waals surface area contributed by atoms with Crippen molar-refractivity contribution in [2.24, 2.45) is 0 Å². The van der Waals surface area contributed by atoms with E-state index in [1.165, 1.54) is 24.3 Å². The van der Waals surface area contributed by atoms with Gasteiger partial charge in [0, 0.05) is 44.2 Å². The average molecular weight is 437 g/mol. The molecule has 0 spiro atoms. The fourth-order valence-electron chi connectivity index (χ4n) is 3.95. The largest absolute Gasteiger partial charge is 0.373 e. The van der Waals surface area contributed by atoms with Crippen LogP contribution < -0.4 is 10.2 Å². The number of anilines is 2. The number of nitrogens with one attached hydrogen (secondary N) is 1. The van der Waals surface area contributed by atoms with Gasteiger partial charge in [-0.2, -0.15) is 0 Å². The van der Waals surface area contributed by atoms with Crippen molar-refractivity contribution in [1.29, 1.82) is 0 Å². The first-order valence-corrected chi connectivity index (χ1v) is 10.5. The van der Waals surface area contributed by atoms with Crippen LogP contribution in [-0.2, 0) is 17.9 Å². The first-order chi connectivity index (χ1) is 15.4. The third kappa shape index (κ3) is 5.08. The highest BCUT2D eigenvalue weighted by Gasteiger charge is 2.33. The first-order valence-electron chi connectivity index (χ1n) is 10.5. The maximum atomic E-state index is 13.5. The molecule has 1 fully saturated rings. The number of hydrogen-bond acceptors (Lipinski definition) is 5. The molecule has 166 valence electrons. The van der Waals surface area contributed by atoms with Gasteiger partial charge in [0.25, 0.3) is 0 Å². The Balaban J connectivity index is 1.50. The van der Waals surface area contributed by atoms with Crippen molar-refractivity contribution in [3.63, 3.8) is 0 Å². The quantitative estimate of drug-likeness (QED) is 0.607. The molecule has 1 aromatic heterocycles. The lowest BCUT2D eigenvalue weighted by Crippen LogP contribution is -2.24. The number of carbonyl (C=O) groups excluding carboxylic acids is 1. The van der Waals surface area contributed by atoms with E-state index in [0.717, 1.165) is 11.3 Å². The lowest BCUT2D eigenvalue weighted by atomic mass is 10.0. The molecular weight excluding hydrogens is 412 g/mol. The molecule has 3 aromatic rings. The number of rotatable bonds is 7. The van der Waals surface area contributed by atoms with E-state index in [-0.39, 0.29) is 23.5 Å². The van der Waals surface area contributed by atoms with Crippen LogP contribution in [0.5, 0.6) is 0 Å². The fourth-order valence-corrected chi connectivity index (χ4v) is 3.95. The zero-order chi connectivity index (χ0) is 22.7. The minimum Gasteiger partial charge on any atom is -0.373 e. The van der Waals surface area contributed by atoms with E-state index in [9.17, 15) is 13.6 Å². The Bertz CT molecular complexity index is 1110. The van der Waals surface area contributed by atoms with Crippen LogP contribution in [0.25, 0.3) is 0 Å². The molecule has 1 saturated heterocycles. The van der Waals surface area contributed by atoms with Gasteiger partial charge in [0.2, 0.25) is 5.91 Å². The van der Waals surface area contributed by atoms with Gasteiger partial charge in [0.05, 0.1) is 12.2 Å². The molecule has 1 unspecified atom stereocenters. The molecule has 1 atom stereocenters. The monoisotopic (exact) mass is 437 g/mol. The molecule has 2 heterocycles. The molecule has 32 heavy (non-hydrogen) atoms. The summed E-state index contributed by atoms with van der Waals surface area (Å²) in [5, 5.41) is 3.06. The Morgan fingerprint density at radius 1 is 1.06 bits per heavy atom. The molecule has 1 aliphatic rings. The van der Waals surface area contributed by atoms with Crippen molar-refractivity contribution in [2.45, 2.75) is 25.4 Å². The van der Waals surface area contributed by atoms with Crippen molar-refractivity contribution >= 4 is 17.4 Å². The average Bonchev–Trinajstić information content (AvgIpc) is 3.15. The molecule has 2 aromatic carbocycles. The molecule has 1 aliphatic heterocycles. The number of amides is 1. The van der Waals surface area contributed by atoms with Crippen LogP contribution in [0.15, 0.2) is 54.6 Å². The van der Waals surface area contributed by atoms with Gasteiger partial charge in [-0.15, -0.1) is 0 Å². The molecule has 6 nitrogen and oxygen atoms in total. The van der Waals surface area contributed by atoms with Gasteiger partial charge in [-0.25, -0.2) is 18.7 Å². The molecule has 0 bridgehead atoms. The van der Waals surface area contributed by atoms with Gasteiger partial charge in [0.1, 0.15) is 23.3 Å². The second-order valence-electron chi connectivity index (χ2n) is 8.03. The second kappa shape index (κ2) is 9.40. The smallest absolute Gasteiger partial charge is 0.227 e. The van der Waals surface area contributed by atoms with E-state index in [0.29, 0.717) is 43.4 Å². The van der Waals surface area contributed by atoms with Crippen LogP contribution in [0.4, 0.5) is 20.3 Å². The van der Waals surface area contributed by atoms with Crippen LogP contribution in [-0.4, -0.2) is 41.4 Å². The normalized spacial score (nSPS) is 16.1. The first kappa shape index (κ1) is 21.8. The fraction of sp³-hybridized carbons (Fsp3) is 0.292. The molecule has 0 aliphatic carbocycles. The topological polar surface area (TPSA) is 61.4 Å². The number of carbonyl (C=O) groups is 1. The highest BCUT2D eigenvalue weighted by Crippen LogP contribution is 2.32. The number of hydrogen-bond donors (Lipinski definition) is 1. The van der Waals surface area contributed by atoms with Gasteiger partial charge >= 0.3 is 0 Å². The molecule has 1 N–H and O–H groups in total. The van der Waals surface area contributed by atoms with Crippen LogP contribution in [0.3, 0.4) is 0 Å². The van der Waals surface area contributed by atoms with Crippen LogP contribution in [0.1, 0.15) is 29.4 Å². The molecule has 4 rings (SSSR count). The molecule has 0 saturated carbocycles. The van der Waals surface area contributed by atoms with Gasteiger partial charge in [0.15, 0.2) is 0 Å². The standard InChI is InChI=1S/C24H25F2N5O/c1-27-22-12-21(17-11-24(32)31(14-17)20-8-6-18(25)7-9-20)28-23(29-22)15-30(2)13-16-4-3-5-19(26)10-16/h3-10,12,17H,11,13-15H2,1-2H3,(H,27,28,29). The van der Waals surface area contributed by atoms with E-state index in [1.54, 1.807) is 30.1 Å². The molecule has 0 radical (unpaired) electrons. The maximum absolute atomic E-state index is 13.5. The van der Waals surface area contributed by atoms with Crippen molar-refractivity contribution < 1.29 is 13.6 Å². The summed E-state index contributed by atoms with van der Waals surface area (Å²) in [6.07, 6.45) is 0.329. The third-order valence-corrected chi connectivity index (χ3v) is 5.48. The number of aromatic nitrogens is 2. The zero-order valence-corrected chi connectivity index (χ0v) is 18.1. The number of nitrogens with zero attached hydrogens (tertiary/aromatic N) is 4. The number of halogens is 2. The Hall–Kier alpha value is -3.39. The van der Waals surface area contributed by atoms with Crippen molar-refractivity contribution in [1.82, 2.24) is 14.9 Å². The van der Waals surface area contributed by atoms with Crippen molar-refractivity contribution in [3.8, 4) is 0 Å². The number of benzene rings is 2. The summed E-state index contributed by atoms with van der Waals surface area (Å²) in [5.41, 5.74) is 2.34. The highest BCUT2D eigenvalue weighted by molar-refractivity contribution is 5.96. The minimum atomic E-state index is -0.335. The summed E-state index contributed by atoms with van der Waals surface area (Å²) in [7, 11) is 3.71. The zero-order valence-electron chi connectivity index (χ0n) is 18.1. The van der Waals surface area contributed by atoms with E-state index in [4.69, 9.17) is 4.98 Å². The van der Waals surface area contributed by atoms with Crippen molar-refractivity contribution in [3.05, 3.63) is 83.3 Å². The van der Waals surface area contributed by atoms with E-state index < -0.39 is 0 Å². The summed E-state index contributed by atoms with van der Waals surface area (Å²) < 4.78 is 26.7. The Kier molecular flexibility index (Phi) is 6.41. The van der Waals surface area contributed by atoms with Gasteiger partial charge in [-0.1, -0.05) is 12.1 Å². The minimum absolute atomic E-state index is 0.0176. The lowest BCUT2D eigenvalue weighted by molar-refractivity contribution is -0.117. The van der Waals surface area contributed by atoms with E-state index >= 15 is 0 Å². The van der Waals surface area contributed by atoms with Crippen molar-refractivity contribution in [2.75, 3.05) is 30.9 Å². The van der Waals surface area contributed by atoms with Crippen LogP contribution >= 0.6 is 0 Å². The molecule has 1 amide bonds. The maximum Gasteiger partial charge on any atom is 0.227 e. The summed E-state index contributed by atoms with van der Waals surface area (Å²) in [4.78, 5) is 25.6. The molecular formula is C24H25F2N5O. The third-order valence-electron chi connectivity index (χ3n) is 5.48. The second-order valence-corrected chi connectivity index (χ2v) is 8.03. The summed E-state index contributed by atoms with van der Waals surface area (Å²) in [6.45, 7) is 1.51. The Morgan fingerprint density at radius 2 is 1.84 bits per heavy atom. The SMILES string of the molecule is CNc1cc(C2CC(=O)N(c3ccc(F)cc3)C2)nc(CN(C)Cc2cccc(F)c2)n1.